The fourth-order valence-electron chi connectivity index (χ4n) is 1.80. The van der Waals surface area contributed by atoms with E-state index in [1.165, 1.54) is 4.90 Å². The van der Waals surface area contributed by atoms with E-state index in [9.17, 15) is 0 Å². The van der Waals surface area contributed by atoms with Crippen molar-refractivity contribution >= 4 is 23.4 Å². The summed E-state index contributed by atoms with van der Waals surface area (Å²) < 4.78 is 0. The Labute approximate surface area is 101 Å². The van der Waals surface area contributed by atoms with Gasteiger partial charge in [-0.25, -0.2) is 4.98 Å². The van der Waals surface area contributed by atoms with Gasteiger partial charge in [-0.2, -0.15) is 0 Å². The third-order valence-corrected chi connectivity index (χ3v) is 3.90. The van der Waals surface area contributed by atoms with E-state index in [0.29, 0.717) is 6.04 Å². The molecule has 2 N–H and O–H groups in total. The lowest BCUT2D eigenvalue weighted by Crippen LogP contribution is -2.19. The Balaban J connectivity index is 2.10. The fraction of sp³-hybridized carbons (Fsp3) is 0.583. The summed E-state index contributed by atoms with van der Waals surface area (Å²) in [5.74, 6) is 3.16. The molecule has 1 aromatic rings. The van der Waals surface area contributed by atoms with Crippen LogP contribution >= 0.6 is 11.8 Å². The lowest BCUT2D eigenvalue weighted by molar-refractivity contribution is 0.668. The summed E-state index contributed by atoms with van der Waals surface area (Å²) in [6.45, 7) is 5.42. The molecule has 1 aliphatic rings. The molecule has 0 amide bonds. The second-order valence-corrected chi connectivity index (χ2v) is 5.11. The number of hydrogen-bond acceptors (Lipinski definition) is 4. The average Bonchev–Trinajstić information content (AvgIpc) is 2.35. The maximum absolute atomic E-state index is 4.61. The van der Waals surface area contributed by atoms with Crippen LogP contribution in [0.2, 0.25) is 0 Å². The Kier molecular flexibility index (Phi) is 3.93. The van der Waals surface area contributed by atoms with Crippen molar-refractivity contribution < 1.29 is 0 Å². The SMILES string of the molecule is CCC(CC)Nc1ccc2c(n1)NCCS2. The number of hydrogen-bond donors (Lipinski definition) is 2. The van der Waals surface area contributed by atoms with Crippen molar-refractivity contribution in [1.29, 1.82) is 0 Å². The first-order chi connectivity index (χ1) is 7.83. The van der Waals surface area contributed by atoms with Gasteiger partial charge in [0, 0.05) is 23.2 Å². The van der Waals surface area contributed by atoms with E-state index >= 15 is 0 Å². The molecule has 0 aromatic carbocycles. The van der Waals surface area contributed by atoms with Crippen molar-refractivity contribution in [2.24, 2.45) is 0 Å². The van der Waals surface area contributed by atoms with Crippen molar-refractivity contribution in [1.82, 2.24) is 4.98 Å². The largest absolute Gasteiger partial charge is 0.368 e. The number of nitrogens with zero attached hydrogens (tertiary/aromatic N) is 1. The molecule has 0 atom stereocenters. The normalized spacial score (nSPS) is 14.4. The van der Waals surface area contributed by atoms with Crippen molar-refractivity contribution in [2.45, 2.75) is 37.6 Å². The highest BCUT2D eigenvalue weighted by atomic mass is 32.2. The van der Waals surface area contributed by atoms with Gasteiger partial charge in [0.2, 0.25) is 0 Å². The van der Waals surface area contributed by atoms with Crippen LogP contribution in [0.3, 0.4) is 0 Å². The molecular weight excluding hydrogens is 218 g/mol. The van der Waals surface area contributed by atoms with Gasteiger partial charge in [-0.15, -0.1) is 11.8 Å². The highest BCUT2D eigenvalue weighted by Crippen LogP contribution is 2.30. The Morgan fingerprint density at radius 1 is 1.44 bits per heavy atom. The van der Waals surface area contributed by atoms with Gasteiger partial charge in [-0.1, -0.05) is 13.8 Å². The molecule has 0 saturated heterocycles. The molecule has 3 nitrogen and oxygen atoms in total. The van der Waals surface area contributed by atoms with Crippen LogP contribution in [-0.2, 0) is 0 Å². The van der Waals surface area contributed by atoms with E-state index in [-0.39, 0.29) is 0 Å². The van der Waals surface area contributed by atoms with Gasteiger partial charge in [0.05, 0.1) is 0 Å². The third kappa shape index (κ3) is 2.61. The first-order valence-corrected chi connectivity index (χ1v) is 6.96. The van der Waals surface area contributed by atoms with Gasteiger partial charge in [-0.05, 0) is 25.0 Å². The minimum Gasteiger partial charge on any atom is -0.368 e. The minimum absolute atomic E-state index is 0.529. The maximum atomic E-state index is 4.61. The molecular formula is C12H19N3S. The summed E-state index contributed by atoms with van der Waals surface area (Å²) in [4.78, 5) is 5.87. The monoisotopic (exact) mass is 237 g/mol. The topological polar surface area (TPSA) is 37.0 Å². The van der Waals surface area contributed by atoms with Crippen molar-refractivity contribution in [3.05, 3.63) is 12.1 Å². The Morgan fingerprint density at radius 3 is 3.00 bits per heavy atom. The second-order valence-electron chi connectivity index (χ2n) is 3.98. The van der Waals surface area contributed by atoms with E-state index in [0.717, 1.165) is 36.8 Å². The zero-order chi connectivity index (χ0) is 11.4. The van der Waals surface area contributed by atoms with Crippen molar-refractivity contribution in [3.8, 4) is 0 Å². The molecule has 0 fully saturated rings. The summed E-state index contributed by atoms with van der Waals surface area (Å²) in [5, 5.41) is 6.81. The molecule has 0 spiro atoms. The van der Waals surface area contributed by atoms with Gasteiger partial charge < -0.3 is 10.6 Å². The van der Waals surface area contributed by atoms with Crippen LogP contribution in [0.1, 0.15) is 26.7 Å². The van der Waals surface area contributed by atoms with Gasteiger partial charge in [0.1, 0.15) is 11.6 Å². The predicted octanol–water partition coefficient (Wildman–Crippen LogP) is 3.20. The molecule has 0 radical (unpaired) electrons. The second kappa shape index (κ2) is 5.43. The number of anilines is 2. The van der Waals surface area contributed by atoms with E-state index in [4.69, 9.17) is 0 Å². The number of pyridine rings is 1. The van der Waals surface area contributed by atoms with Crippen LogP contribution in [0.5, 0.6) is 0 Å². The first-order valence-electron chi connectivity index (χ1n) is 5.97. The lowest BCUT2D eigenvalue weighted by atomic mass is 10.2. The molecule has 2 rings (SSSR count). The zero-order valence-corrected chi connectivity index (χ0v) is 10.7. The summed E-state index contributed by atoms with van der Waals surface area (Å²) >= 11 is 1.88. The molecule has 16 heavy (non-hydrogen) atoms. The molecule has 1 aliphatic heterocycles. The third-order valence-electron chi connectivity index (χ3n) is 2.85. The van der Waals surface area contributed by atoms with Gasteiger partial charge in [-0.3, -0.25) is 0 Å². The smallest absolute Gasteiger partial charge is 0.142 e. The molecule has 0 aliphatic carbocycles. The highest BCUT2D eigenvalue weighted by molar-refractivity contribution is 7.99. The van der Waals surface area contributed by atoms with Crippen LogP contribution < -0.4 is 10.6 Å². The highest BCUT2D eigenvalue weighted by Gasteiger charge is 2.11. The van der Waals surface area contributed by atoms with Gasteiger partial charge in [0.25, 0.3) is 0 Å². The van der Waals surface area contributed by atoms with Crippen LogP contribution in [0.15, 0.2) is 17.0 Å². The van der Waals surface area contributed by atoms with Gasteiger partial charge >= 0.3 is 0 Å². The molecule has 4 heteroatoms. The van der Waals surface area contributed by atoms with Crippen LogP contribution in [0.25, 0.3) is 0 Å². The molecule has 0 bridgehead atoms. The van der Waals surface area contributed by atoms with E-state index in [2.05, 4.69) is 41.6 Å². The summed E-state index contributed by atoms with van der Waals surface area (Å²) in [6, 6.07) is 4.77. The maximum Gasteiger partial charge on any atom is 0.142 e. The Hall–Kier alpha value is -0.900. The standard InChI is InChI=1S/C12H19N3S/c1-3-9(4-2)14-11-6-5-10-12(15-11)13-7-8-16-10/h5-6,9H,3-4,7-8H2,1-2H3,(H2,13,14,15). The first kappa shape index (κ1) is 11.6. The predicted molar refractivity (Wildman–Crippen MR) is 71.4 cm³/mol. The minimum atomic E-state index is 0.529. The van der Waals surface area contributed by atoms with E-state index in [1.807, 2.05) is 11.8 Å². The molecule has 2 heterocycles. The summed E-state index contributed by atoms with van der Waals surface area (Å²) in [6.07, 6.45) is 2.27. The van der Waals surface area contributed by atoms with Crippen LogP contribution in [-0.4, -0.2) is 23.3 Å². The number of nitrogens with one attached hydrogen (secondary N) is 2. The van der Waals surface area contributed by atoms with Crippen LogP contribution in [0.4, 0.5) is 11.6 Å². The van der Waals surface area contributed by atoms with Crippen molar-refractivity contribution in [2.75, 3.05) is 22.9 Å². The number of fused-ring (bicyclic) bond motifs is 1. The zero-order valence-electron chi connectivity index (χ0n) is 9.92. The fourth-order valence-corrected chi connectivity index (χ4v) is 2.65. The number of thioether (sulfide) groups is 1. The lowest BCUT2D eigenvalue weighted by Gasteiger charge is -2.20. The average molecular weight is 237 g/mol. The molecule has 0 unspecified atom stereocenters. The van der Waals surface area contributed by atoms with E-state index < -0.39 is 0 Å². The van der Waals surface area contributed by atoms with Gasteiger partial charge in [0.15, 0.2) is 0 Å². The summed E-state index contributed by atoms with van der Waals surface area (Å²) in [7, 11) is 0. The Morgan fingerprint density at radius 2 is 2.25 bits per heavy atom. The van der Waals surface area contributed by atoms with Crippen LogP contribution in [0, 0.1) is 0 Å². The number of aromatic nitrogens is 1. The quantitative estimate of drug-likeness (QED) is 0.843. The summed E-state index contributed by atoms with van der Waals surface area (Å²) in [5.41, 5.74) is 0. The van der Waals surface area contributed by atoms with E-state index in [1.54, 1.807) is 0 Å². The van der Waals surface area contributed by atoms with Crippen molar-refractivity contribution in [3.63, 3.8) is 0 Å². The molecule has 1 aromatic heterocycles. The molecule has 88 valence electrons. The molecule has 0 saturated carbocycles. The number of rotatable bonds is 4. The Bertz CT molecular complexity index is 350.